The van der Waals surface area contributed by atoms with E-state index in [1.165, 1.54) is 0 Å². The SMILES string of the molecule is C=Cc1ccc(-c2ccc(OP3(Cl)=NP(Cl)(Oc4ccc(-c5ccc(C=C)cc5)cc4)=NP(Cl)(Oc4ccc(-c5ccc(C=C)cc5)cc4)=N3)cc2)cc1. The highest BCUT2D eigenvalue weighted by atomic mass is 35.7. The first-order chi connectivity index (χ1) is 26.1. The smallest absolute Gasteiger partial charge is 0.354 e. The van der Waals surface area contributed by atoms with Gasteiger partial charge in [0, 0.05) is 0 Å². The quantitative estimate of drug-likeness (QED) is 0.115. The number of halogens is 3. The Hall–Kier alpha value is -4.50. The molecule has 7 rings (SSSR count). The highest BCUT2D eigenvalue weighted by Gasteiger charge is 2.40. The zero-order valence-electron chi connectivity index (χ0n) is 28.8. The maximum absolute atomic E-state index is 7.16. The Kier molecular flexibility index (Phi) is 11.3. The fraction of sp³-hybridized carbons (Fsp3) is 0. The van der Waals surface area contributed by atoms with Crippen molar-refractivity contribution in [3.63, 3.8) is 0 Å². The second-order valence-corrected chi connectivity index (χ2v) is 21.5. The number of nitrogens with zero attached hydrogens (tertiary/aromatic N) is 3. The predicted molar refractivity (Wildman–Crippen MR) is 233 cm³/mol. The third-order valence-corrected chi connectivity index (χ3v) is 19.2. The van der Waals surface area contributed by atoms with E-state index >= 15 is 0 Å². The van der Waals surface area contributed by atoms with Gasteiger partial charge in [0.15, 0.2) is 0 Å². The lowest BCUT2D eigenvalue weighted by Gasteiger charge is -2.27. The molecule has 0 atom stereocenters. The zero-order valence-corrected chi connectivity index (χ0v) is 33.7. The highest BCUT2D eigenvalue weighted by Crippen LogP contribution is 2.83. The summed E-state index contributed by atoms with van der Waals surface area (Å²) < 4.78 is 32.9. The van der Waals surface area contributed by atoms with Gasteiger partial charge in [-0.25, -0.2) is 0 Å². The van der Waals surface area contributed by atoms with Gasteiger partial charge in [-0.2, -0.15) is 0 Å². The van der Waals surface area contributed by atoms with Crippen molar-refractivity contribution in [1.82, 2.24) is 0 Å². The van der Waals surface area contributed by atoms with Crippen LogP contribution in [0.3, 0.4) is 0 Å². The number of rotatable bonds is 12. The van der Waals surface area contributed by atoms with Crippen molar-refractivity contribution >= 4 is 72.3 Å². The topological polar surface area (TPSA) is 64.8 Å². The minimum absolute atomic E-state index is 0.421. The lowest BCUT2D eigenvalue weighted by molar-refractivity contribution is 0.596. The second kappa shape index (κ2) is 16.1. The first-order valence-electron chi connectivity index (χ1n) is 16.6. The molecular formula is C42H33Cl3N3O3P3. The van der Waals surface area contributed by atoms with Crippen LogP contribution < -0.4 is 13.6 Å². The average Bonchev–Trinajstić information content (AvgIpc) is 3.18. The molecular weight excluding hydrogens is 794 g/mol. The van der Waals surface area contributed by atoms with Crippen molar-refractivity contribution < 1.29 is 13.6 Å². The van der Waals surface area contributed by atoms with E-state index in [0.29, 0.717) is 17.2 Å². The number of benzene rings is 6. The van der Waals surface area contributed by atoms with E-state index in [0.717, 1.165) is 50.1 Å². The lowest BCUT2D eigenvalue weighted by Crippen LogP contribution is -1.95. The van der Waals surface area contributed by atoms with Crippen molar-refractivity contribution in [3.05, 3.63) is 182 Å². The zero-order chi connectivity index (χ0) is 37.8. The summed E-state index contributed by atoms with van der Waals surface area (Å²) in [5, 5.41) is 0. The van der Waals surface area contributed by atoms with Gasteiger partial charge in [0.1, 0.15) is 17.2 Å². The summed E-state index contributed by atoms with van der Waals surface area (Å²) in [6, 6.07) is 46.5. The molecule has 0 spiro atoms. The van der Waals surface area contributed by atoms with Crippen LogP contribution in [-0.4, -0.2) is 0 Å². The van der Waals surface area contributed by atoms with E-state index in [1.807, 2.05) is 109 Å². The van der Waals surface area contributed by atoms with Gasteiger partial charge < -0.3 is 13.6 Å². The summed E-state index contributed by atoms with van der Waals surface area (Å²) in [7, 11) is 0. The molecule has 0 saturated carbocycles. The maximum Gasteiger partial charge on any atom is 0.354 e. The molecule has 6 nitrogen and oxygen atoms in total. The maximum atomic E-state index is 7.16. The van der Waals surface area contributed by atoms with Crippen molar-refractivity contribution in [3.8, 4) is 50.6 Å². The Morgan fingerprint density at radius 2 is 0.519 bits per heavy atom. The molecule has 270 valence electrons. The van der Waals surface area contributed by atoms with Crippen molar-refractivity contribution in [2.45, 2.75) is 0 Å². The molecule has 1 aliphatic heterocycles. The molecule has 0 fully saturated rings. The number of hydrogen-bond acceptors (Lipinski definition) is 6. The largest absolute Gasteiger partial charge is 0.431 e. The molecule has 12 heteroatoms. The van der Waals surface area contributed by atoms with Gasteiger partial charge in [-0.05, 0) is 120 Å². The molecule has 1 aliphatic rings. The van der Waals surface area contributed by atoms with E-state index in [9.17, 15) is 0 Å². The minimum atomic E-state index is -3.64. The first kappa shape index (κ1) is 37.8. The van der Waals surface area contributed by atoms with Crippen LogP contribution in [0.15, 0.2) is 179 Å². The Morgan fingerprint density at radius 3 is 0.704 bits per heavy atom. The number of hydrogen-bond donors (Lipinski definition) is 0. The molecule has 0 aromatic heterocycles. The summed E-state index contributed by atoms with van der Waals surface area (Å²) in [4.78, 5) is 0. The molecule has 0 bridgehead atoms. The van der Waals surface area contributed by atoms with Gasteiger partial charge in [-0.1, -0.05) is 147 Å². The van der Waals surface area contributed by atoms with Crippen LogP contribution in [0.4, 0.5) is 0 Å². The Balaban J connectivity index is 1.20. The van der Waals surface area contributed by atoms with Crippen LogP contribution >= 0.6 is 54.1 Å². The summed E-state index contributed by atoms with van der Waals surface area (Å²) >= 11 is 21.5. The Bertz CT molecular complexity index is 2210. The van der Waals surface area contributed by atoms with Crippen molar-refractivity contribution in [2.75, 3.05) is 0 Å². The highest BCUT2D eigenvalue weighted by molar-refractivity contribution is 8.05. The molecule has 6 aromatic rings. The van der Waals surface area contributed by atoms with Crippen LogP contribution in [0.1, 0.15) is 16.7 Å². The summed E-state index contributed by atoms with van der Waals surface area (Å²) in [6.07, 6.45) is 5.41. The van der Waals surface area contributed by atoms with Gasteiger partial charge in [-0.3, -0.25) is 0 Å². The van der Waals surface area contributed by atoms with E-state index < -0.39 is 20.4 Å². The van der Waals surface area contributed by atoms with E-state index in [-0.39, 0.29) is 0 Å². The lowest BCUT2D eigenvalue weighted by atomic mass is 10.0. The summed E-state index contributed by atoms with van der Waals surface area (Å²) in [5.41, 5.74) is 9.16. The van der Waals surface area contributed by atoms with Crippen LogP contribution in [0.2, 0.25) is 0 Å². The molecule has 0 amide bonds. The molecule has 0 N–H and O–H groups in total. The van der Waals surface area contributed by atoms with Crippen molar-refractivity contribution in [1.29, 1.82) is 0 Å². The summed E-state index contributed by atoms with van der Waals surface area (Å²) in [5.74, 6) is 1.26. The van der Waals surface area contributed by atoms with E-state index in [4.69, 9.17) is 47.3 Å². The van der Waals surface area contributed by atoms with Gasteiger partial charge in [-0.15, -0.1) is 13.5 Å². The van der Waals surface area contributed by atoms with Crippen LogP contribution in [0, 0.1) is 0 Å². The third-order valence-electron chi connectivity index (χ3n) is 8.33. The molecule has 0 radical (unpaired) electrons. The first-order valence-corrected chi connectivity index (χ1v) is 24.2. The molecule has 1 heterocycles. The van der Waals surface area contributed by atoms with Crippen LogP contribution in [0.25, 0.3) is 51.6 Å². The minimum Gasteiger partial charge on any atom is -0.431 e. The average molecular weight is 827 g/mol. The fourth-order valence-electron chi connectivity index (χ4n) is 5.53. The van der Waals surface area contributed by atoms with Gasteiger partial charge >= 0.3 is 20.4 Å². The van der Waals surface area contributed by atoms with E-state index in [1.54, 1.807) is 54.6 Å². The Labute approximate surface area is 330 Å². The van der Waals surface area contributed by atoms with Crippen LogP contribution in [0.5, 0.6) is 17.2 Å². The standard InChI is InChI=1S/C42H33Cl3N3O3P3/c1-4-31-7-13-34(14-8-31)37-19-25-40(26-20-37)49-52(43)46-53(44,50-41-27-21-38(22-28-41)35-15-9-32(5-2)10-16-35)48-54(45,47-52)51-42-29-23-39(24-30-42)36-17-11-33(6-3)12-18-36/h4-30H,1-3H2. The van der Waals surface area contributed by atoms with Crippen LogP contribution in [-0.2, 0) is 0 Å². The normalized spacial score (nSPS) is 20.3. The van der Waals surface area contributed by atoms with Gasteiger partial charge in [0.05, 0.1) is 0 Å². The second-order valence-electron chi connectivity index (χ2n) is 12.0. The Morgan fingerprint density at radius 1 is 0.333 bits per heavy atom. The monoisotopic (exact) mass is 825 g/mol. The molecule has 6 aromatic carbocycles. The predicted octanol–water partition coefficient (Wildman–Crippen LogP) is 16.7. The fourth-order valence-corrected chi connectivity index (χ4v) is 18.8. The van der Waals surface area contributed by atoms with Gasteiger partial charge in [0.2, 0.25) is 0 Å². The summed E-state index contributed by atoms with van der Waals surface area (Å²) in [6.45, 7) is 0.544. The molecule has 54 heavy (non-hydrogen) atoms. The molecule has 0 aliphatic carbocycles. The molecule has 0 saturated heterocycles. The van der Waals surface area contributed by atoms with Gasteiger partial charge in [0.25, 0.3) is 0 Å². The molecule has 0 unspecified atom stereocenters. The van der Waals surface area contributed by atoms with Crippen molar-refractivity contribution in [2.24, 2.45) is 13.5 Å². The third kappa shape index (κ3) is 9.06. The van der Waals surface area contributed by atoms with E-state index in [2.05, 4.69) is 33.3 Å².